The molecule has 0 unspecified atom stereocenters. The fourth-order valence-corrected chi connectivity index (χ4v) is 3.08. The minimum Gasteiger partial charge on any atom is -0.311 e. The first-order valence-electron chi connectivity index (χ1n) is 6.25. The number of allylic oxidation sites excluding steroid dienone is 1. The summed E-state index contributed by atoms with van der Waals surface area (Å²) in [6.45, 7) is 7.18. The number of piperidine rings is 1. The Morgan fingerprint density at radius 2 is 2.06 bits per heavy atom. The maximum Gasteiger partial charge on any atom is 0.211 e. The van der Waals surface area contributed by atoms with E-state index >= 15 is 0 Å². The molecule has 1 aliphatic rings. The second kappa shape index (κ2) is 6.52. The highest BCUT2D eigenvalue weighted by molar-refractivity contribution is 7.88. The number of hydrogen-bond donors (Lipinski definition) is 1. The van der Waals surface area contributed by atoms with Crippen LogP contribution in [0.15, 0.2) is 12.7 Å². The summed E-state index contributed by atoms with van der Waals surface area (Å²) >= 11 is 0. The van der Waals surface area contributed by atoms with Gasteiger partial charge in [-0.05, 0) is 32.6 Å². The molecule has 1 saturated heterocycles. The van der Waals surface area contributed by atoms with Gasteiger partial charge >= 0.3 is 0 Å². The average molecular weight is 260 g/mol. The Kier molecular flexibility index (Phi) is 5.62. The molecule has 1 N–H and O–H groups in total. The molecule has 4 nitrogen and oxygen atoms in total. The van der Waals surface area contributed by atoms with E-state index in [9.17, 15) is 8.42 Å². The zero-order valence-electron chi connectivity index (χ0n) is 10.9. The Labute approximate surface area is 105 Å². The quantitative estimate of drug-likeness (QED) is 0.734. The van der Waals surface area contributed by atoms with Gasteiger partial charge in [-0.15, -0.1) is 6.58 Å². The van der Waals surface area contributed by atoms with Crippen LogP contribution in [-0.2, 0) is 10.0 Å². The summed E-state index contributed by atoms with van der Waals surface area (Å²) in [5, 5.41) is 3.56. The van der Waals surface area contributed by atoms with E-state index in [4.69, 9.17) is 0 Å². The lowest BCUT2D eigenvalue weighted by Crippen LogP contribution is -2.46. The molecule has 100 valence electrons. The van der Waals surface area contributed by atoms with Gasteiger partial charge in [0.2, 0.25) is 10.0 Å². The molecule has 1 fully saturated rings. The number of hydrogen-bond acceptors (Lipinski definition) is 3. The summed E-state index contributed by atoms with van der Waals surface area (Å²) in [6.07, 6.45) is 7.15. The van der Waals surface area contributed by atoms with E-state index in [1.165, 1.54) is 6.26 Å². The molecule has 5 heteroatoms. The first-order valence-corrected chi connectivity index (χ1v) is 8.10. The molecule has 1 rings (SSSR count). The molecule has 0 saturated carbocycles. The van der Waals surface area contributed by atoms with E-state index in [1.54, 1.807) is 4.31 Å². The summed E-state index contributed by atoms with van der Waals surface area (Å²) in [4.78, 5) is 0. The summed E-state index contributed by atoms with van der Waals surface area (Å²) in [5.41, 5.74) is 0. The Hall–Kier alpha value is -0.390. The molecular weight excluding hydrogens is 236 g/mol. The Morgan fingerprint density at radius 3 is 2.53 bits per heavy atom. The van der Waals surface area contributed by atoms with Crippen LogP contribution in [0.1, 0.15) is 32.6 Å². The smallest absolute Gasteiger partial charge is 0.211 e. The molecule has 0 amide bonds. The van der Waals surface area contributed by atoms with Crippen molar-refractivity contribution in [2.45, 2.75) is 44.7 Å². The highest BCUT2D eigenvalue weighted by Crippen LogP contribution is 2.14. The number of sulfonamides is 1. The van der Waals surface area contributed by atoms with Crippen LogP contribution in [0, 0.1) is 0 Å². The molecule has 0 aliphatic carbocycles. The molecule has 1 aliphatic heterocycles. The second-order valence-electron chi connectivity index (χ2n) is 4.87. The maximum absolute atomic E-state index is 11.4. The first-order chi connectivity index (χ1) is 7.93. The lowest BCUT2D eigenvalue weighted by Gasteiger charge is -2.32. The van der Waals surface area contributed by atoms with Crippen molar-refractivity contribution < 1.29 is 8.42 Å². The monoisotopic (exact) mass is 260 g/mol. The fraction of sp³-hybridized carbons (Fsp3) is 0.833. The Balaban J connectivity index is 2.30. The van der Waals surface area contributed by atoms with Crippen molar-refractivity contribution in [2.24, 2.45) is 0 Å². The minimum atomic E-state index is -3.00. The Morgan fingerprint density at radius 1 is 1.47 bits per heavy atom. The van der Waals surface area contributed by atoms with E-state index in [2.05, 4.69) is 18.8 Å². The van der Waals surface area contributed by atoms with Crippen LogP contribution >= 0.6 is 0 Å². The van der Waals surface area contributed by atoms with Crippen molar-refractivity contribution in [2.75, 3.05) is 19.3 Å². The summed E-state index contributed by atoms with van der Waals surface area (Å²) < 4.78 is 24.3. The average Bonchev–Trinajstić information content (AvgIpc) is 2.26. The minimum absolute atomic E-state index is 0.452. The van der Waals surface area contributed by atoms with E-state index in [0.717, 1.165) is 25.7 Å². The van der Waals surface area contributed by atoms with Crippen molar-refractivity contribution in [3.05, 3.63) is 12.7 Å². The van der Waals surface area contributed by atoms with Crippen molar-refractivity contribution in [1.29, 1.82) is 0 Å². The van der Waals surface area contributed by atoms with Gasteiger partial charge in [0, 0.05) is 25.2 Å². The first kappa shape index (κ1) is 14.7. The van der Waals surface area contributed by atoms with Gasteiger partial charge in [-0.3, -0.25) is 0 Å². The number of rotatable bonds is 6. The van der Waals surface area contributed by atoms with Crippen LogP contribution in [0.25, 0.3) is 0 Å². The van der Waals surface area contributed by atoms with Gasteiger partial charge in [0.1, 0.15) is 0 Å². The zero-order chi connectivity index (χ0) is 12.9. The van der Waals surface area contributed by atoms with Crippen molar-refractivity contribution in [3.8, 4) is 0 Å². The van der Waals surface area contributed by atoms with Gasteiger partial charge in [0.15, 0.2) is 0 Å². The zero-order valence-corrected chi connectivity index (χ0v) is 11.7. The maximum atomic E-state index is 11.4. The summed E-state index contributed by atoms with van der Waals surface area (Å²) in [7, 11) is -3.00. The van der Waals surface area contributed by atoms with Gasteiger partial charge in [-0.25, -0.2) is 12.7 Å². The lowest BCUT2D eigenvalue weighted by atomic mass is 10.0. The second-order valence-corrected chi connectivity index (χ2v) is 6.85. The SMILES string of the molecule is C=CCC[C@@H](C)NC1CCN(S(C)(=O)=O)CC1. The van der Waals surface area contributed by atoms with Gasteiger partial charge in [0.05, 0.1) is 6.26 Å². The molecular formula is C12H24N2O2S. The van der Waals surface area contributed by atoms with Gasteiger partial charge in [0.25, 0.3) is 0 Å². The molecule has 1 heterocycles. The van der Waals surface area contributed by atoms with E-state index < -0.39 is 10.0 Å². The lowest BCUT2D eigenvalue weighted by molar-refractivity contribution is 0.274. The van der Waals surface area contributed by atoms with Crippen molar-refractivity contribution in [1.82, 2.24) is 9.62 Å². The largest absolute Gasteiger partial charge is 0.311 e. The summed E-state index contributed by atoms with van der Waals surface area (Å²) in [5.74, 6) is 0. The van der Waals surface area contributed by atoms with Crippen LogP contribution in [-0.4, -0.2) is 44.2 Å². The predicted molar refractivity (Wildman–Crippen MR) is 71.5 cm³/mol. The van der Waals surface area contributed by atoms with E-state index in [1.807, 2.05) is 6.08 Å². The number of nitrogens with one attached hydrogen (secondary N) is 1. The van der Waals surface area contributed by atoms with Crippen LogP contribution in [0.2, 0.25) is 0 Å². The molecule has 0 bridgehead atoms. The molecule has 0 aromatic carbocycles. The van der Waals surface area contributed by atoms with Gasteiger partial charge in [-0.2, -0.15) is 0 Å². The van der Waals surface area contributed by atoms with Crippen molar-refractivity contribution >= 4 is 10.0 Å². The Bertz CT molecular complexity index is 332. The molecule has 17 heavy (non-hydrogen) atoms. The highest BCUT2D eigenvalue weighted by Gasteiger charge is 2.25. The molecule has 0 spiro atoms. The normalized spacial score (nSPS) is 21.3. The van der Waals surface area contributed by atoms with Gasteiger partial charge < -0.3 is 5.32 Å². The molecule has 0 radical (unpaired) electrons. The highest BCUT2D eigenvalue weighted by atomic mass is 32.2. The van der Waals surface area contributed by atoms with Gasteiger partial charge in [-0.1, -0.05) is 6.08 Å². The third-order valence-corrected chi connectivity index (χ3v) is 4.55. The standard InChI is InChI=1S/C12H24N2O2S/c1-4-5-6-11(2)13-12-7-9-14(10-8-12)17(3,15)16/h4,11-13H,1,5-10H2,2-3H3/t11-/m1/s1. The van der Waals surface area contributed by atoms with Crippen LogP contribution in [0.3, 0.4) is 0 Å². The topological polar surface area (TPSA) is 49.4 Å². The third-order valence-electron chi connectivity index (χ3n) is 3.25. The fourth-order valence-electron chi connectivity index (χ4n) is 2.21. The van der Waals surface area contributed by atoms with Crippen molar-refractivity contribution in [3.63, 3.8) is 0 Å². The third kappa shape index (κ3) is 5.19. The van der Waals surface area contributed by atoms with Crippen LogP contribution in [0.5, 0.6) is 0 Å². The number of nitrogens with zero attached hydrogens (tertiary/aromatic N) is 1. The molecule has 1 atom stereocenters. The summed E-state index contributed by atoms with van der Waals surface area (Å²) in [6, 6.07) is 0.926. The van der Waals surface area contributed by atoms with Crippen LogP contribution < -0.4 is 5.32 Å². The van der Waals surface area contributed by atoms with E-state index in [0.29, 0.717) is 25.2 Å². The molecule has 0 aromatic heterocycles. The van der Waals surface area contributed by atoms with E-state index in [-0.39, 0.29) is 0 Å². The predicted octanol–water partition coefficient (Wildman–Crippen LogP) is 1.35. The molecule has 0 aromatic rings. The van der Waals surface area contributed by atoms with Crippen LogP contribution in [0.4, 0.5) is 0 Å².